The summed E-state index contributed by atoms with van der Waals surface area (Å²) in [6.07, 6.45) is 0.978. The van der Waals surface area contributed by atoms with Crippen LogP contribution in [0.2, 0.25) is 0 Å². The van der Waals surface area contributed by atoms with Crippen molar-refractivity contribution in [3.05, 3.63) is 35.9 Å². The zero-order valence-electron chi connectivity index (χ0n) is 9.47. The van der Waals surface area contributed by atoms with E-state index in [2.05, 4.69) is 39.8 Å². The summed E-state index contributed by atoms with van der Waals surface area (Å²) in [7, 11) is 0. The van der Waals surface area contributed by atoms with Crippen LogP contribution in [0.25, 0.3) is 0 Å². The van der Waals surface area contributed by atoms with Gasteiger partial charge in [-0.25, -0.2) is 0 Å². The molecule has 1 rings (SSSR count). The molecule has 0 radical (unpaired) electrons. The molecule has 1 heteroatoms. The van der Waals surface area contributed by atoms with E-state index in [0.717, 1.165) is 6.42 Å². The lowest BCUT2D eigenvalue weighted by molar-refractivity contribution is 0.327. The van der Waals surface area contributed by atoms with Crippen molar-refractivity contribution in [2.45, 2.75) is 39.0 Å². The van der Waals surface area contributed by atoms with Gasteiger partial charge >= 0.3 is 0 Å². The molecule has 1 aromatic carbocycles. The van der Waals surface area contributed by atoms with Crippen molar-refractivity contribution in [1.29, 1.82) is 0 Å². The SMILES string of the molecule is CC(C)(C)CC(C)(Cl)c1ccccc1. The minimum atomic E-state index is -0.250. The predicted molar refractivity (Wildman–Crippen MR) is 63.7 cm³/mol. The van der Waals surface area contributed by atoms with Gasteiger partial charge in [-0.05, 0) is 24.3 Å². The highest BCUT2D eigenvalue weighted by Gasteiger charge is 2.29. The minimum absolute atomic E-state index is 0.250. The van der Waals surface area contributed by atoms with Gasteiger partial charge in [0, 0.05) is 0 Å². The number of halogens is 1. The van der Waals surface area contributed by atoms with Gasteiger partial charge in [0.15, 0.2) is 0 Å². The van der Waals surface area contributed by atoms with E-state index in [1.807, 2.05) is 18.2 Å². The van der Waals surface area contributed by atoms with Gasteiger partial charge in [0.25, 0.3) is 0 Å². The Bertz CT molecular complexity index is 280. The van der Waals surface area contributed by atoms with Crippen LogP contribution in [0.15, 0.2) is 30.3 Å². The van der Waals surface area contributed by atoms with E-state index in [0.29, 0.717) is 0 Å². The van der Waals surface area contributed by atoms with Crippen molar-refractivity contribution < 1.29 is 0 Å². The monoisotopic (exact) mass is 210 g/mol. The van der Waals surface area contributed by atoms with Gasteiger partial charge in [0.05, 0.1) is 4.87 Å². The Kier molecular flexibility index (Phi) is 3.26. The first-order chi connectivity index (χ1) is 6.31. The third kappa shape index (κ3) is 3.34. The van der Waals surface area contributed by atoms with Crippen molar-refractivity contribution >= 4 is 11.6 Å². The van der Waals surface area contributed by atoms with Crippen LogP contribution in [-0.2, 0) is 4.87 Å². The molecular formula is C13H19Cl. The van der Waals surface area contributed by atoms with Crippen LogP contribution in [0.1, 0.15) is 39.7 Å². The van der Waals surface area contributed by atoms with Crippen LogP contribution < -0.4 is 0 Å². The maximum absolute atomic E-state index is 6.55. The second kappa shape index (κ2) is 3.94. The van der Waals surface area contributed by atoms with Crippen molar-refractivity contribution in [3.63, 3.8) is 0 Å². The fraction of sp³-hybridized carbons (Fsp3) is 0.538. The molecule has 0 amide bonds. The Morgan fingerprint density at radius 3 is 1.93 bits per heavy atom. The third-order valence-corrected chi connectivity index (χ3v) is 2.59. The largest absolute Gasteiger partial charge is 0.114 e. The van der Waals surface area contributed by atoms with Crippen LogP contribution in [0.3, 0.4) is 0 Å². The average Bonchev–Trinajstić information content (AvgIpc) is 2.01. The summed E-state index contributed by atoms with van der Waals surface area (Å²) in [5.41, 5.74) is 1.46. The van der Waals surface area contributed by atoms with Crippen LogP contribution in [0.4, 0.5) is 0 Å². The molecule has 0 aliphatic carbocycles. The molecular weight excluding hydrogens is 192 g/mol. The molecule has 0 bridgehead atoms. The average molecular weight is 211 g/mol. The van der Waals surface area contributed by atoms with E-state index in [1.165, 1.54) is 5.56 Å². The zero-order chi connectivity index (χ0) is 10.8. The Labute approximate surface area is 92.3 Å². The van der Waals surface area contributed by atoms with Gasteiger partial charge in [-0.3, -0.25) is 0 Å². The highest BCUT2D eigenvalue weighted by atomic mass is 35.5. The summed E-state index contributed by atoms with van der Waals surface area (Å²) in [5.74, 6) is 0. The number of benzene rings is 1. The van der Waals surface area contributed by atoms with Gasteiger partial charge in [-0.1, -0.05) is 51.1 Å². The molecule has 0 saturated carbocycles. The van der Waals surface area contributed by atoms with Crippen molar-refractivity contribution in [2.75, 3.05) is 0 Å². The van der Waals surface area contributed by atoms with Crippen LogP contribution in [0.5, 0.6) is 0 Å². The number of alkyl halides is 1. The first-order valence-corrected chi connectivity index (χ1v) is 5.43. The molecule has 78 valence electrons. The molecule has 1 aromatic rings. The second-order valence-electron chi connectivity index (χ2n) is 5.30. The van der Waals surface area contributed by atoms with Gasteiger partial charge in [0.2, 0.25) is 0 Å². The Hall–Kier alpha value is -0.490. The van der Waals surface area contributed by atoms with Crippen LogP contribution in [0, 0.1) is 5.41 Å². The zero-order valence-corrected chi connectivity index (χ0v) is 10.2. The van der Waals surface area contributed by atoms with Gasteiger partial charge in [-0.2, -0.15) is 0 Å². The standard InChI is InChI=1S/C13H19Cl/c1-12(2,3)10-13(4,14)11-8-6-5-7-9-11/h5-9H,10H2,1-4H3. The van der Waals surface area contributed by atoms with Crippen LogP contribution >= 0.6 is 11.6 Å². The highest BCUT2D eigenvalue weighted by Crippen LogP contribution is 2.39. The molecule has 0 fully saturated rings. The Balaban J connectivity index is 2.86. The fourth-order valence-corrected chi connectivity index (χ4v) is 2.41. The molecule has 1 atom stereocenters. The lowest BCUT2D eigenvalue weighted by Gasteiger charge is -2.30. The summed E-state index contributed by atoms with van der Waals surface area (Å²) in [6.45, 7) is 8.75. The maximum Gasteiger partial charge on any atom is 0.0671 e. The van der Waals surface area contributed by atoms with Crippen LogP contribution in [-0.4, -0.2) is 0 Å². The molecule has 0 nitrogen and oxygen atoms in total. The normalized spacial score (nSPS) is 16.4. The summed E-state index contributed by atoms with van der Waals surface area (Å²) in [5, 5.41) is 0. The quantitative estimate of drug-likeness (QED) is 0.627. The molecule has 1 unspecified atom stereocenters. The molecule has 0 N–H and O–H groups in total. The van der Waals surface area contributed by atoms with Crippen molar-refractivity contribution in [3.8, 4) is 0 Å². The molecule has 0 aliphatic heterocycles. The third-order valence-electron chi connectivity index (χ3n) is 2.24. The van der Waals surface area contributed by atoms with E-state index < -0.39 is 0 Å². The lowest BCUT2D eigenvalue weighted by atomic mass is 9.82. The van der Waals surface area contributed by atoms with E-state index >= 15 is 0 Å². The molecule has 14 heavy (non-hydrogen) atoms. The molecule has 0 heterocycles. The van der Waals surface area contributed by atoms with Crippen molar-refractivity contribution in [1.82, 2.24) is 0 Å². The predicted octanol–water partition coefficient (Wildman–Crippen LogP) is 4.58. The smallest absolute Gasteiger partial charge is 0.0671 e. The highest BCUT2D eigenvalue weighted by molar-refractivity contribution is 6.23. The number of rotatable bonds is 2. The minimum Gasteiger partial charge on any atom is -0.114 e. The summed E-state index contributed by atoms with van der Waals surface area (Å²) in [4.78, 5) is -0.250. The Morgan fingerprint density at radius 2 is 1.50 bits per heavy atom. The second-order valence-corrected chi connectivity index (χ2v) is 6.14. The Morgan fingerprint density at radius 1 is 1.00 bits per heavy atom. The van der Waals surface area contributed by atoms with Gasteiger partial charge in [-0.15, -0.1) is 11.6 Å². The van der Waals surface area contributed by atoms with E-state index in [4.69, 9.17) is 11.6 Å². The van der Waals surface area contributed by atoms with Gasteiger partial charge < -0.3 is 0 Å². The topological polar surface area (TPSA) is 0 Å². The van der Waals surface area contributed by atoms with E-state index in [1.54, 1.807) is 0 Å². The number of hydrogen-bond acceptors (Lipinski definition) is 0. The van der Waals surface area contributed by atoms with Gasteiger partial charge in [0.1, 0.15) is 0 Å². The maximum atomic E-state index is 6.55. The van der Waals surface area contributed by atoms with Crippen molar-refractivity contribution in [2.24, 2.45) is 5.41 Å². The van der Waals surface area contributed by atoms with E-state index in [-0.39, 0.29) is 10.3 Å². The summed E-state index contributed by atoms with van der Waals surface area (Å²) in [6, 6.07) is 10.3. The molecule has 0 spiro atoms. The number of hydrogen-bond donors (Lipinski definition) is 0. The fourth-order valence-electron chi connectivity index (χ4n) is 1.88. The first-order valence-electron chi connectivity index (χ1n) is 5.06. The first kappa shape index (κ1) is 11.6. The molecule has 0 aromatic heterocycles. The van der Waals surface area contributed by atoms with E-state index in [9.17, 15) is 0 Å². The lowest BCUT2D eigenvalue weighted by Crippen LogP contribution is -2.22. The summed E-state index contributed by atoms with van der Waals surface area (Å²) >= 11 is 6.55. The molecule has 0 saturated heterocycles. The molecule has 0 aliphatic rings. The summed E-state index contributed by atoms with van der Waals surface area (Å²) < 4.78 is 0.